The van der Waals surface area contributed by atoms with Crippen molar-refractivity contribution in [2.75, 3.05) is 19.3 Å². The number of alkyl halides is 3. The monoisotopic (exact) mass is 227 g/mol. The fraction of sp³-hybridized carbons (Fsp3) is 0.875. The molecule has 0 aliphatic heterocycles. The molecule has 0 radical (unpaired) electrons. The predicted octanol–water partition coefficient (Wildman–Crippen LogP) is 3.29. The van der Waals surface area contributed by atoms with E-state index in [1.54, 1.807) is 0 Å². The molecule has 2 nitrogen and oxygen atoms in total. The molecule has 1 atom stereocenters. The highest BCUT2D eigenvalue weighted by Gasteiger charge is 2.30. The third-order valence-corrected chi connectivity index (χ3v) is 3.66. The van der Waals surface area contributed by atoms with Crippen LogP contribution in [0.3, 0.4) is 0 Å². The van der Waals surface area contributed by atoms with E-state index in [9.17, 15) is 13.2 Å². The van der Waals surface area contributed by atoms with Gasteiger partial charge in [-0.25, -0.2) is 6.57 Å². The fourth-order valence-electron chi connectivity index (χ4n) is 0.776. The number of halogens is 3. The van der Waals surface area contributed by atoms with Crippen molar-refractivity contribution < 1.29 is 17.7 Å². The van der Waals surface area contributed by atoms with E-state index >= 15 is 0 Å². The molecular weight excluding hydrogens is 214 g/mol. The summed E-state index contributed by atoms with van der Waals surface area (Å²) in [5.41, 5.74) is 0.0640. The Kier molecular flexibility index (Phi) is 6.06. The van der Waals surface area contributed by atoms with Crippen LogP contribution in [0.5, 0.6) is 0 Å². The topological polar surface area (TPSA) is 13.6 Å². The van der Waals surface area contributed by atoms with Crippen LogP contribution in [0.15, 0.2) is 0 Å². The molecular formula is C8H13F3NOP. The first kappa shape index (κ1) is 13.7. The third-order valence-electron chi connectivity index (χ3n) is 1.40. The Balaban J connectivity index is 3.93. The van der Waals surface area contributed by atoms with Crippen molar-refractivity contribution >= 4 is 8.15 Å². The van der Waals surface area contributed by atoms with Gasteiger partial charge in [-0.3, -0.25) is 0 Å². The van der Waals surface area contributed by atoms with Gasteiger partial charge in [0.15, 0.2) is 0 Å². The summed E-state index contributed by atoms with van der Waals surface area (Å²) < 4.78 is 40.2. The van der Waals surface area contributed by atoms with E-state index in [0.717, 1.165) is 0 Å². The van der Waals surface area contributed by atoms with Gasteiger partial charge in [0.1, 0.15) is 6.61 Å². The van der Waals surface area contributed by atoms with E-state index in [1.807, 2.05) is 13.8 Å². The van der Waals surface area contributed by atoms with Crippen LogP contribution in [-0.4, -0.2) is 31.1 Å². The molecule has 0 aromatic rings. The van der Waals surface area contributed by atoms with Gasteiger partial charge in [0.25, 0.3) is 0 Å². The lowest BCUT2D eigenvalue weighted by atomic mass is 10.6. The van der Waals surface area contributed by atoms with Crippen LogP contribution in [0.2, 0.25) is 0 Å². The van der Waals surface area contributed by atoms with Gasteiger partial charge in [-0.2, -0.15) is 13.2 Å². The van der Waals surface area contributed by atoms with Crippen LogP contribution >= 0.6 is 8.15 Å². The average Bonchev–Trinajstić information content (AvgIpc) is 2.01. The van der Waals surface area contributed by atoms with Crippen molar-refractivity contribution in [2.45, 2.75) is 25.7 Å². The van der Waals surface area contributed by atoms with Gasteiger partial charge in [0.2, 0.25) is 6.54 Å². The van der Waals surface area contributed by atoms with E-state index in [0.29, 0.717) is 6.16 Å². The Labute approximate surface area is 83.1 Å². The molecule has 0 rings (SSSR count). The SMILES string of the molecule is [C-]#[N+]CCP(OCC(F)(F)F)C(C)C. The van der Waals surface area contributed by atoms with Gasteiger partial charge < -0.3 is 9.37 Å². The standard InChI is InChI=1S/C8H13F3NOP/c1-7(2)14(5-4-12-3)13-6-8(9,10)11/h7H,4-6H2,1-2H3. The van der Waals surface area contributed by atoms with Gasteiger partial charge >= 0.3 is 6.18 Å². The van der Waals surface area contributed by atoms with E-state index < -0.39 is 20.9 Å². The van der Waals surface area contributed by atoms with E-state index in [1.165, 1.54) is 0 Å². The average molecular weight is 227 g/mol. The summed E-state index contributed by atoms with van der Waals surface area (Å²) in [5, 5.41) is 0. The third kappa shape index (κ3) is 7.11. The van der Waals surface area contributed by atoms with Gasteiger partial charge in [-0.1, -0.05) is 13.8 Å². The molecule has 0 fully saturated rings. The van der Waals surface area contributed by atoms with Gasteiger partial charge in [-0.05, 0) is 5.66 Å². The molecule has 0 saturated heterocycles. The number of hydrogen-bond donors (Lipinski definition) is 0. The van der Waals surface area contributed by atoms with Crippen LogP contribution < -0.4 is 0 Å². The quantitative estimate of drug-likeness (QED) is 0.519. The maximum Gasteiger partial charge on any atom is 0.412 e. The Bertz CT molecular complexity index is 200. The second-order valence-corrected chi connectivity index (χ2v) is 5.58. The highest BCUT2D eigenvalue weighted by atomic mass is 31.1. The summed E-state index contributed by atoms with van der Waals surface area (Å²) in [6, 6.07) is 0. The Morgan fingerprint density at radius 1 is 1.43 bits per heavy atom. The zero-order valence-electron chi connectivity index (χ0n) is 8.14. The normalized spacial score (nSPS) is 14.1. The Hall–Kier alpha value is -0.330. The zero-order chi connectivity index (χ0) is 11.2. The summed E-state index contributed by atoms with van der Waals surface area (Å²) >= 11 is 0. The van der Waals surface area contributed by atoms with Gasteiger partial charge in [0, 0.05) is 8.15 Å². The molecule has 0 amide bonds. The van der Waals surface area contributed by atoms with Crippen LogP contribution in [0.25, 0.3) is 4.85 Å². The van der Waals surface area contributed by atoms with E-state index in [-0.39, 0.29) is 12.2 Å². The maximum atomic E-state index is 11.8. The smallest absolute Gasteiger partial charge is 0.349 e. The highest BCUT2D eigenvalue weighted by molar-refractivity contribution is 7.53. The summed E-state index contributed by atoms with van der Waals surface area (Å²) in [5.74, 6) is 0. The molecule has 1 unspecified atom stereocenters. The first-order valence-electron chi connectivity index (χ1n) is 4.16. The summed E-state index contributed by atoms with van der Waals surface area (Å²) in [6.45, 7) is 9.21. The molecule has 0 heterocycles. The highest BCUT2D eigenvalue weighted by Crippen LogP contribution is 2.43. The predicted molar refractivity (Wildman–Crippen MR) is 50.4 cm³/mol. The molecule has 0 aromatic heterocycles. The molecule has 6 heteroatoms. The number of nitrogens with zero attached hydrogens (tertiary/aromatic N) is 1. The second-order valence-electron chi connectivity index (χ2n) is 3.00. The number of rotatable bonds is 5. The molecule has 0 saturated carbocycles. The van der Waals surface area contributed by atoms with Crippen molar-refractivity contribution in [1.29, 1.82) is 0 Å². The lowest BCUT2D eigenvalue weighted by Gasteiger charge is -2.20. The van der Waals surface area contributed by atoms with Crippen LogP contribution in [0.1, 0.15) is 13.8 Å². The minimum atomic E-state index is -4.27. The van der Waals surface area contributed by atoms with Crippen molar-refractivity contribution in [2.24, 2.45) is 0 Å². The lowest BCUT2D eigenvalue weighted by molar-refractivity contribution is -0.152. The number of hydrogen-bond acceptors (Lipinski definition) is 1. The molecule has 0 bridgehead atoms. The molecule has 82 valence electrons. The van der Waals surface area contributed by atoms with Crippen molar-refractivity contribution in [3.63, 3.8) is 0 Å². The Morgan fingerprint density at radius 3 is 2.36 bits per heavy atom. The molecule has 14 heavy (non-hydrogen) atoms. The first-order chi connectivity index (χ1) is 6.37. The van der Waals surface area contributed by atoms with Crippen molar-refractivity contribution in [3.8, 4) is 0 Å². The summed E-state index contributed by atoms with van der Waals surface area (Å²) in [6.07, 6.45) is -3.85. The molecule has 0 aliphatic carbocycles. The molecule has 0 spiro atoms. The van der Waals surface area contributed by atoms with Crippen molar-refractivity contribution in [3.05, 3.63) is 11.4 Å². The zero-order valence-corrected chi connectivity index (χ0v) is 9.03. The Morgan fingerprint density at radius 2 is 2.00 bits per heavy atom. The van der Waals surface area contributed by atoms with Crippen LogP contribution in [0, 0.1) is 6.57 Å². The first-order valence-corrected chi connectivity index (χ1v) is 5.67. The largest absolute Gasteiger partial charge is 0.412 e. The van der Waals surface area contributed by atoms with Crippen LogP contribution in [-0.2, 0) is 4.52 Å². The van der Waals surface area contributed by atoms with Gasteiger partial charge in [-0.15, -0.1) is 0 Å². The van der Waals surface area contributed by atoms with E-state index in [2.05, 4.69) is 4.85 Å². The molecule has 0 aromatic carbocycles. The van der Waals surface area contributed by atoms with Gasteiger partial charge in [0.05, 0.1) is 6.16 Å². The maximum absolute atomic E-state index is 11.8. The minimum absolute atomic E-state index is 0.0640. The van der Waals surface area contributed by atoms with Crippen LogP contribution in [0.4, 0.5) is 13.2 Å². The summed E-state index contributed by atoms with van der Waals surface area (Å²) in [7, 11) is -1.12. The van der Waals surface area contributed by atoms with Crippen molar-refractivity contribution in [1.82, 2.24) is 0 Å². The fourth-order valence-corrected chi connectivity index (χ4v) is 2.33. The minimum Gasteiger partial charge on any atom is -0.349 e. The second kappa shape index (κ2) is 6.21. The lowest BCUT2D eigenvalue weighted by Crippen LogP contribution is -2.17. The summed E-state index contributed by atoms with van der Waals surface area (Å²) in [4.78, 5) is 3.11. The molecule has 0 aliphatic rings. The van der Waals surface area contributed by atoms with E-state index in [4.69, 9.17) is 11.1 Å². The molecule has 0 N–H and O–H groups in total.